The van der Waals surface area contributed by atoms with Crippen molar-refractivity contribution in [2.75, 3.05) is 0 Å². The number of carbonyl (C=O) groups excluding carboxylic acids is 1. The van der Waals surface area contributed by atoms with Gasteiger partial charge in [0.2, 0.25) is 0 Å². The molecule has 0 aliphatic rings. The van der Waals surface area contributed by atoms with Crippen molar-refractivity contribution < 1.29 is 14.7 Å². The molecule has 3 N–H and O–H groups in total. The van der Waals surface area contributed by atoms with Gasteiger partial charge in [-0.15, -0.1) is 0 Å². The minimum Gasteiger partial charge on any atom is -0.480 e. The molecule has 0 fully saturated rings. The predicted molar refractivity (Wildman–Crippen MR) is 113 cm³/mol. The molecule has 0 heterocycles. The molecule has 0 aromatic heterocycles. The first-order valence-electron chi connectivity index (χ1n) is 9.45. The van der Waals surface area contributed by atoms with E-state index in [1.54, 1.807) is 24.3 Å². The van der Waals surface area contributed by atoms with Gasteiger partial charge in [0.15, 0.2) is 0 Å². The van der Waals surface area contributed by atoms with E-state index in [1.807, 2.05) is 66.7 Å². The van der Waals surface area contributed by atoms with Crippen LogP contribution in [0.1, 0.15) is 28.3 Å². The summed E-state index contributed by atoms with van der Waals surface area (Å²) in [6, 6.07) is 25.5. The first kappa shape index (κ1) is 20.6. The number of aliphatic carboxylic acids is 1. The zero-order valence-corrected chi connectivity index (χ0v) is 16.2. The summed E-state index contributed by atoms with van der Waals surface area (Å²) in [4.78, 5) is 24.4. The van der Waals surface area contributed by atoms with Crippen LogP contribution in [0, 0.1) is 11.3 Å². The lowest BCUT2D eigenvalue weighted by atomic mass is 9.99. The highest BCUT2D eigenvalue weighted by atomic mass is 16.4. The summed E-state index contributed by atoms with van der Waals surface area (Å²) >= 11 is 0. The average molecular weight is 399 g/mol. The lowest BCUT2D eigenvalue weighted by molar-refractivity contribution is -0.139. The number of hydrogen-bond acceptors (Lipinski definition) is 3. The molecular formula is C24H21N3O3. The molecule has 0 aliphatic heterocycles. The largest absolute Gasteiger partial charge is 0.480 e. The number of urea groups is 1. The van der Waals surface area contributed by atoms with E-state index in [4.69, 9.17) is 5.26 Å². The molecule has 0 bridgehead atoms. The summed E-state index contributed by atoms with van der Waals surface area (Å²) in [5.74, 6) is -1.15. The summed E-state index contributed by atoms with van der Waals surface area (Å²) in [7, 11) is 0. The number of nitrogens with one attached hydrogen (secondary N) is 2. The van der Waals surface area contributed by atoms with E-state index in [2.05, 4.69) is 10.6 Å². The van der Waals surface area contributed by atoms with Crippen LogP contribution in [-0.4, -0.2) is 23.1 Å². The van der Waals surface area contributed by atoms with E-state index in [0.717, 1.165) is 11.1 Å². The zero-order valence-electron chi connectivity index (χ0n) is 16.2. The minimum atomic E-state index is -1.15. The Balaban J connectivity index is 1.76. The molecule has 1 unspecified atom stereocenters. The quantitative estimate of drug-likeness (QED) is 0.564. The van der Waals surface area contributed by atoms with Gasteiger partial charge >= 0.3 is 12.0 Å². The molecule has 2 amide bonds. The van der Waals surface area contributed by atoms with Gasteiger partial charge in [0, 0.05) is 6.42 Å². The second-order valence-corrected chi connectivity index (χ2v) is 6.78. The minimum absolute atomic E-state index is 0.0691. The van der Waals surface area contributed by atoms with Crippen molar-refractivity contribution in [1.82, 2.24) is 10.6 Å². The summed E-state index contributed by atoms with van der Waals surface area (Å²) in [5, 5.41) is 24.0. The maximum atomic E-state index is 12.7. The molecule has 30 heavy (non-hydrogen) atoms. The van der Waals surface area contributed by atoms with Gasteiger partial charge in [-0.25, -0.2) is 9.59 Å². The monoisotopic (exact) mass is 399 g/mol. The van der Waals surface area contributed by atoms with Crippen molar-refractivity contribution in [3.63, 3.8) is 0 Å². The molecule has 1 atom stereocenters. The molecule has 6 heteroatoms. The number of nitrogens with zero attached hydrogens (tertiary/aromatic N) is 1. The normalized spacial score (nSPS) is 11.3. The highest BCUT2D eigenvalue weighted by Gasteiger charge is 2.23. The van der Waals surface area contributed by atoms with Gasteiger partial charge in [0.05, 0.1) is 17.7 Å². The van der Waals surface area contributed by atoms with E-state index >= 15 is 0 Å². The molecule has 0 aliphatic carbocycles. The second kappa shape index (κ2) is 9.89. The summed E-state index contributed by atoms with van der Waals surface area (Å²) < 4.78 is 0. The number of carboxylic acid groups (broad SMARTS) is 1. The van der Waals surface area contributed by atoms with Crippen molar-refractivity contribution in [2.45, 2.75) is 18.5 Å². The molecule has 0 saturated heterocycles. The molecule has 3 aromatic rings. The molecule has 0 spiro atoms. The van der Waals surface area contributed by atoms with E-state index < -0.39 is 24.1 Å². The van der Waals surface area contributed by atoms with Crippen molar-refractivity contribution in [2.24, 2.45) is 0 Å². The Morgan fingerprint density at radius 2 is 1.47 bits per heavy atom. The Morgan fingerprint density at radius 3 is 2.00 bits per heavy atom. The predicted octanol–water partition coefficient (Wildman–Crippen LogP) is 3.64. The summed E-state index contributed by atoms with van der Waals surface area (Å²) in [6.07, 6.45) is 0.0691. The lowest BCUT2D eigenvalue weighted by Gasteiger charge is -2.22. The average Bonchev–Trinajstić information content (AvgIpc) is 2.78. The van der Waals surface area contributed by atoms with Gasteiger partial charge in [0.25, 0.3) is 0 Å². The number of hydrogen-bond donors (Lipinski definition) is 3. The second-order valence-electron chi connectivity index (χ2n) is 6.78. The van der Waals surface area contributed by atoms with Crippen LogP contribution in [0.5, 0.6) is 0 Å². The SMILES string of the molecule is N#Cc1cccc(CC(NC(=O)NC(c2ccccc2)c2ccccc2)C(=O)O)c1. The number of benzene rings is 3. The number of rotatable bonds is 7. The third kappa shape index (κ3) is 5.46. The topological polar surface area (TPSA) is 102 Å². The maximum absolute atomic E-state index is 12.7. The van der Waals surface area contributed by atoms with Gasteiger partial charge in [-0.1, -0.05) is 72.8 Å². The molecule has 0 radical (unpaired) electrons. The first-order valence-corrected chi connectivity index (χ1v) is 9.45. The van der Waals surface area contributed by atoms with Crippen LogP contribution in [0.25, 0.3) is 0 Å². The fraction of sp³-hybridized carbons (Fsp3) is 0.125. The van der Waals surface area contributed by atoms with Gasteiger partial charge in [0.1, 0.15) is 6.04 Å². The first-order chi connectivity index (χ1) is 14.6. The Bertz CT molecular complexity index is 1010. The Kier molecular flexibility index (Phi) is 6.80. The van der Waals surface area contributed by atoms with Crippen LogP contribution in [0.4, 0.5) is 4.79 Å². The van der Waals surface area contributed by atoms with Crippen molar-refractivity contribution in [3.8, 4) is 6.07 Å². The van der Waals surface area contributed by atoms with Gasteiger partial charge in [-0.2, -0.15) is 5.26 Å². The Labute approximate surface area is 174 Å². The Morgan fingerprint density at radius 1 is 0.867 bits per heavy atom. The number of nitriles is 1. The third-order valence-corrected chi connectivity index (χ3v) is 4.64. The fourth-order valence-electron chi connectivity index (χ4n) is 3.18. The number of amides is 2. The number of carboxylic acids is 1. The van der Waals surface area contributed by atoms with Crippen LogP contribution in [0.15, 0.2) is 84.9 Å². The summed E-state index contributed by atoms with van der Waals surface area (Å²) in [6.45, 7) is 0. The van der Waals surface area contributed by atoms with Gasteiger partial charge in [-0.05, 0) is 28.8 Å². The van der Waals surface area contributed by atoms with E-state index in [-0.39, 0.29) is 6.42 Å². The van der Waals surface area contributed by atoms with Gasteiger partial charge in [-0.3, -0.25) is 0 Å². The van der Waals surface area contributed by atoms with Crippen LogP contribution in [0.3, 0.4) is 0 Å². The van der Waals surface area contributed by atoms with Gasteiger partial charge < -0.3 is 15.7 Å². The van der Waals surface area contributed by atoms with Crippen LogP contribution in [-0.2, 0) is 11.2 Å². The maximum Gasteiger partial charge on any atom is 0.326 e. The third-order valence-electron chi connectivity index (χ3n) is 4.64. The molecular weight excluding hydrogens is 378 g/mol. The van der Waals surface area contributed by atoms with Crippen LogP contribution >= 0.6 is 0 Å². The van der Waals surface area contributed by atoms with E-state index in [0.29, 0.717) is 11.1 Å². The van der Waals surface area contributed by atoms with E-state index in [1.165, 1.54) is 0 Å². The van der Waals surface area contributed by atoms with Crippen molar-refractivity contribution in [3.05, 3.63) is 107 Å². The standard InChI is InChI=1S/C24H21N3O3/c25-16-18-9-7-8-17(14-18)15-21(23(28)29)26-24(30)27-22(19-10-3-1-4-11-19)20-12-5-2-6-13-20/h1-14,21-22H,15H2,(H,28,29)(H2,26,27,30). The smallest absolute Gasteiger partial charge is 0.326 e. The highest BCUT2D eigenvalue weighted by molar-refractivity contribution is 5.83. The molecule has 0 saturated carbocycles. The Hall–Kier alpha value is -4.11. The van der Waals surface area contributed by atoms with E-state index in [9.17, 15) is 14.7 Å². The lowest BCUT2D eigenvalue weighted by Crippen LogP contribution is -2.48. The highest BCUT2D eigenvalue weighted by Crippen LogP contribution is 2.21. The van der Waals surface area contributed by atoms with Crippen LogP contribution < -0.4 is 10.6 Å². The molecule has 3 rings (SSSR count). The molecule has 6 nitrogen and oxygen atoms in total. The van der Waals surface area contributed by atoms with Crippen LogP contribution in [0.2, 0.25) is 0 Å². The zero-order chi connectivity index (χ0) is 21.3. The molecule has 3 aromatic carbocycles. The van der Waals surface area contributed by atoms with Crippen molar-refractivity contribution in [1.29, 1.82) is 5.26 Å². The molecule has 150 valence electrons. The fourth-order valence-corrected chi connectivity index (χ4v) is 3.18. The van der Waals surface area contributed by atoms with Crippen molar-refractivity contribution >= 4 is 12.0 Å². The number of carbonyl (C=O) groups is 2. The summed E-state index contributed by atoms with van der Waals surface area (Å²) in [5.41, 5.74) is 2.86.